The van der Waals surface area contributed by atoms with Crippen molar-refractivity contribution < 1.29 is 39.2 Å². The topological polar surface area (TPSA) is 130 Å². The molecule has 4 aliphatic carbocycles. The number of rotatable bonds is 23. The fourth-order valence-corrected chi connectivity index (χ4v) is 14.3. The maximum Gasteiger partial charge on any atom is 0.333 e. The lowest BCUT2D eigenvalue weighted by Crippen LogP contribution is -2.60. The van der Waals surface area contributed by atoms with Crippen LogP contribution in [0.25, 0.3) is 0 Å². The van der Waals surface area contributed by atoms with Crippen LogP contribution >= 0.6 is 0 Å². The highest BCUT2D eigenvalue weighted by Crippen LogP contribution is 2.64. The minimum atomic E-state index is -0.704. The molecule has 0 aromatic heterocycles. The van der Waals surface area contributed by atoms with E-state index in [1.54, 1.807) is 13.8 Å². The van der Waals surface area contributed by atoms with Crippen molar-refractivity contribution in [3.05, 3.63) is 69.9 Å². The molecular formula is C62H100O8. The van der Waals surface area contributed by atoms with Crippen molar-refractivity contribution in [2.24, 2.45) is 45.3 Å². The van der Waals surface area contributed by atoms with Crippen molar-refractivity contribution in [3.63, 3.8) is 0 Å². The summed E-state index contributed by atoms with van der Waals surface area (Å²) in [7, 11) is 0. The van der Waals surface area contributed by atoms with Crippen LogP contribution in [0.15, 0.2) is 69.9 Å². The summed E-state index contributed by atoms with van der Waals surface area (Å²) in [4.78, 5) is 38.0. The van der Waals surface area contributed by atoms with E-state index in [0.29, 0.717) is 35.2 Å². The fraction of sp³-hybridized carbons (Fsp3) is 0.758. The van der Waals surface area contributed by atoms with Crippen molar-refractivity contribution >= 4 is 17.7 Å². The molecule has 8 nitrogen and oxygen atoms in total. The molecule has 8 heteroatoms. The van der Waals surface area contributed by atoms with E-state index in [-0.39, 0.29) is 52.8 Å². The number of hydrogen-bond donors (Lipinski definition) is 3. The summed E-state index contributed by atoms with van der Waals surface area (Å²) in [6, 6.07) is 0. The van der Waals surface area contributed by atoms with Gasteiger partial charge in [0.1, 0.15) is 19.0 Å². The van der Waals surface area contributed by atoms with E-state index < -0.39 is 23.1 Å². The summed E-state index contributed by atoms with van der Waals surface area (Å²) in [5.74, 6) is 0.714. The van der Waals surface area contributed by atoms with Crippen molar-refractivity contribution in [2.75, 3.05) is 13.2 Å². The smallest absolute Gasteiger partial charge is 0.333 e. The first kappa shape index (κ1) is 59.5. The number of ether oxygens (including phenoxy) is 2. The van der Waals surface area contributed by atoms with Crippen molar-refractivity contribution in [2.45, 2.75) is 243 Å². The second kappa shape index (κ2) is 25.2. The molecule has 0 amide bonds. The zero-order valence-corrected chi connectivity index (χ0v) is 46.8. The molecule has 3 N–H and O–H groups in total. The van der Waals surface area contributed by atoms with Gasteiger partial charge in [-0.25, -0.2) is 9.59 Å². The maximum absolute atomic E-state index is 12.8. The molecule has 0 spiro atoms. The molecule has 4 fully saturated rings. The number of carbonyl (C=O) groups excluding carboxylic acids is 3. The SMILES string of the molecule is C/C(=C\CC/C(C)=C/CC[C@@H]1[C@@]2(C)CCC(=O)C(C)(C)[C@@H]2CC[C@@]1(C)O)CC/C=C(\C)C(=O)OCCOC(=O)/C(C)=C/CC/C(C)=C/CC/C(C)=C/CC[C@@H]1[C@@]2(C)CC[C@@H](O)C(C)(C)[C@@H]2CC[C@@]1(C)O. The van der Waals surface area contributed by atoms with Gasteiger partial charge in [0.05, 0.1) is 17.3 Å². The minimum absolute atomic E-state index is 0.00807. The third-order valence-electron chi connectivity index (χ3n) is 18.9. The summed E-state index contributed by atoms with van der Waals surface area (Å²) >= 11 is 0. The van der Waals surface area contributed by atoms with E-state index in [1.165, 1.54) is 22.3 Å². The number of ketones is 1. The Morgan fingerprint density at radius 2 is 0.900 bits per heavy atom. The van der Waals surface area contributed by atoms with Gasteiger partial charge < -0.3 is 24.8 Å². The second-order valence-corrected chi connectivity index (χ2v) is 25.1. The summed E-state index contributed by atoms with van der Waals surface area (Å²) in [6.45, 7) is 29.7. The Labute approximate surface area is 426 Å². The molecule has 0 bridgehead atoms. The Bertz CT molecular complexity index is 1990. The standard InChI is InChI=1S/C62H100O8/c1-43(21-15-23-45(3)27-19-31-51-59(11)37-35-53(63)57(7,8)49(59)33-39-61(51,13)67)25-17-29-47(5)55(65)69-41-42-70-56(66)48(6)30-18-26-44(2)22-16-24-46(4)28-20-32-52-60(12)38-36-54(64)58(9,10)50(60)34-40-62(52,14)68/h21-22,27-30,49-53,63,67-68H,15-20,23-26,31-42H2,1-14H3/b43-21+,44-22+,45-27+,46-28+,47-29+,48-30+/t49-,50-,51+,52+,53+,59-,60-,61+,62+/m0/s1. The summed E-state index contributed by atoms with van der Waals surface area (Å²) < 4.78 is 10.8. The van der Waals surface area contributed by atoms with E-state index in [0.717, 1.165) is 122 Å². The van der Waals surface area contributed by atoms with Gasteiger partial charge >= 0.3 is 11.9 Å². The van der Waals surface area contributed by atoms with Crippen LogP contribution in [0.1, 0.15) is 225 Å². The summed E-state index contributed by atoms with van der Waals surface area (Å²) in [5, 5.41) is 33.9. The maximum atomic E-state index is 12.8. The largest absolute Gasteiger partial charge is 0.459 e. The van der Waals surface area contributed by atoms with Crippen LogP contribution in [0.4, 0.5) is 0 Å². The van der Waals surface area contributed by atoms with Gasteiger partial charge in [-0.15, -0.1) is 0 Å². The average Bonchev–Trinajstić information content (AvgIpc) is 3.26. The third kappa shape index (κ3) is 15.2. The Morgan fingerprint density at radius 1 is 0.529 bits per heavy atom. The molecule has 0 radical (unpaired) electrons. The molecule has 0 aliphatic heterocycles. The molecule has 4 saturated carbocycles. The number of aliphatic hydroxyl groups excluding tert-OH is 1. The lowest BCUT2D eigenvalue weighted by Gasteiger charge is -2.62. The molecule has 4 rings (SSSR count). The Balaban J connectivity index is 1.07. The van der Waals surface area contributed by atoms with E-state index in [1.807, 2.05) is 26.0 Å². The lowest BCUT2D eigenvalue weighted by atomic mass is 9.44. The molecule has 0 aromatic carbocycles. The number of esters is 2. The molecule has 0 heterocycles. The average molecular weight is 973 g/mol. The van der Waals surface area contributed by atoms with Crippen LogP contribution in [-0.2, 0) is 23.9 Å². The molecule has 4 aliphatic rings. The Morgan fingerprint density at radius 3 is 1.33 bits per heavy atom. The molecular weight excluding hydrogens is 873 g/mol. The first-order valence-corrected chi connectivity index (χ1v) is 27.6. The van der Waals surface area contributed by atoms with Crippen LogP contribution in [0.2, 0.25) is 0 Å². The first-order chi connectivity index (χ1) is 32.6. The van der Waals surface area contributed by atoms with Crippen molar-refractivity contribution in [1.82, 2.24) is 0 Å². The molecule has 0 saturated heterocycles. The van der Waals surface area contributed by atoms with Gasteiger partial charge in [-0.05, 0) is 217 Å². The van der Waals surface area contributed by atoms with Crippen LogP contribution in [0.3, 0.4) is 0 Å². The van der Waals surface area contributed by atoms with E-state index in [4.69, 9.17) is 9.47 Å². The van der Waals surface area contributed by atoms with Crippen LogP contribution in [0.5, 0.6) is 0 Å². The number of hydrogen-bond acceptors (Lipinski definition) is 8. The molecule has 9 atom stereocenters. The van der Waals surface area contributed by atoms with Gasteiger partial charge in [0.15, 0.2) is 0 Å². The van der Waals surface area contributed by atoms with E-state index in [9.17, 15) is 29.7 Å². The van der Waals surface area contributed by atoms with Gasteiger partial charge in [0.25, 0.3) is 0 Å². The summed E-state index contributed by atoms with van der Waals surface area (Å²) in [5.41, 5.74) is 4.59. The van der Waals surface area contributed by atoms with E-state index in [2.05, 4.69) is 93.5 Å². The van der Waals surface area contributed by atoms with E-state index >= 15 is 0 Å². The van der Waals surface area contributed by atoms with Crippen LogP contribution in [-0.4, -0.2) is 63.6 Å². The first-order valence-electron chi connectivity index (χ1n) is 27.6. The quantitative estimate of drug-likeness (QED) is 0.0399. The Hall–Kier alpha value is -3.07. The Kier molecular flexibility index (Phi) is 21.5. The molecule has 0 aromatic rings. The third-order valence-corrected chi connectivity index (χ3v) is 18.9. The second-order valence-electron chi connectivity index (χ2n) is 25.1. The van der Waals surface area contributed by atoms with Crippen molar-refractivity contribution in [1.29, 1.82) is 0 Å². The van der Waals surface area contributed by atoms with Gasteiger partial charge in [-0.2, -0.15) is 0 Å². The fourth-order valence-electron chi connectivity index (χ4n) is 14.3. The number of aliphatic hydroxyl groups is 3. The molecule has 0 unspecified atom stereocenters. The van der Waals surface area contributed by atoms with Gasteiger partial charge in [-0.1, -0.05) is 100 Å². The monoisotopic (exact) mass is 973 g/mol. The van der Waals surface area contributed by atoms with Crippen LogP contribution < -0.4 is 0 Å². The van der Waals surface area contributed by atoms with Crippen molar-refractivity contribution in [3.8, 4) is 0 Å². The zero-order chi connectivity index (χ0) is 52.3. The zero-order valence-electron chi connectivity index (χ0n) is 46.8. The number of fused-ring (bicyclic) bond motifs is 2. The highest BCUT2D eigenvalue weighted by molar-refractivity contribution is 5.88. The number of carbonyl (C=O) groups is 3. The highest BCUT2D eigenvalue weighted by Gasteiger charge is 2.61. The predicted molar refractivity (Wildman–Crippen MR) is 287 cm³/mol. The lowest BCUT2D eigenvalue weighted by molar-refractivity contribution is -0.195. The molecule has 396 valence electrons. The van der Waals surface area contributed by atoms with Crippen LogP contribution in [0, 0.1) is 45.3 Å². The van der Waals surface area contributed by atoms with Gasteiger partial charge in [0, 0.05) is 23.0 Å². The number of Topliss-reactive ketones (excluding diaryl/α,β-unsaturated/α-hetero) is 1. The molecule has 70 heavy (non-hydrogen) atoms. The normalized spacial score (nSPS) is 33.1. The number of allylic oxidation sites excluding steroid dienone is 10. The highest BCUT2D eigenvalue weighted by atomic mass is 16.6. The summed E-state index contributed by atoms with van der Waals surface area (Å²) in [6.07, 6.45) is 30.5. The minimum Gasteiger partial charge on any atom is -0.459 e. The van der Waals surface area contributed by atoms with Gasteiger partial charge in [0.2, 0.25) is 0 Å². The van der Waals surface area contributed by atoms with Gasteiger partial charge in [-0.3, -0.25) is 4.79 Å². The predicted octanol–water partition coefficient (Wildman–Crippen LogP) is 14.6.